The molecule has 0 atom stereocenters. The number of nitrogen functional groups attached to an aromatic ring is 1. The van der Waals surface area contributed by atoms with Crippen LogP contribution in [0, 0.1) is 5.41 Å². The van der Waals surface area contributed by atoms with Crippen molar-refractivity contribution < 1.29 is 4.79 Å². The third-order valence-electron chi connectivity index (χ3n) is 2.67. The van der Waals surface area contributed by atoms with Gasteiger partial charge in [0, 0.05) is 5.56 Å². The zero-order valence-corrected chi connectivity index (χ0v) is 10.2. The Labute approximate surface area is 110 Å². The van der Waals surface area contributed by atoms with Crippen LogP contribution < -0.4 is 16.8 Å². The Kier molecular flexibility index (Phi) is 3.47. The first-order valence-electron chi connectivity index (χ1n) is 5.68. The first-order chi connectivity index (χ1) is 9.08. The Morgan fingerprint density at radius 2 is 1.68 bits per heavy atom. The summed E-state index contributed by atoms with van der Waals surface area (Å²) in [6, 6.07) is 14.3. The maximum Gasteiger partial charge on any atom is 0.316 e. The molecule has 2 rings (SSSR count). The van der Waals surface area contributed by atoms with Crippen molar-refractivity contribution in [3.8, 4) is 11.1 Å². The van der Waals surface area contributed by atoms with E-state index in [1.54, 1.807) is 12.1 Å². The van der Waals surface area contributed by atoms with Gasteiger partial charge in [0.2, 0.25) is 0 Å². The molecular formula is C14H14N4O. The van der Waals surface area contributed by atoms with Gasteiger partial charge in [0.25, 0.3) is 0 Å². The van der Waals surface area contributed by atoms with Crippen LogP contribution in [0.25, 0.3) is 11.1 Å². The fourth-order valence-electron chi connectivity index (χ4n) is 1.82. The summed E-state index contributed by atoms with van der Waals surface area (Å²) < 4.78 is 0. The molecule has 5 heteroatoms. The van der Waals surface area contributed by atoms with Crippen molar-refractivity contribution in [1.82, 2.24) is 0 Å². The summed E-state index contributed by atoms with van der Waals surface area (Å²) in [5.41, 5.74) is 13.4. The number of hydrogen-bond donors (Lipinski definition) is 4. The van der Waals surface area contributed by atoms with E-state index in [2.05, 4.69) is 5.32 Å². The van der Waals surface area contributed by atoms with Crippen LogP contribution in [0.2, 0.25) is 0 Å². The van der Waals surface area contributed by atoms with Gasteiger partial charge in [-0.2, -0.15) is 0 Å². The summed E-state index contributed by atoms with van der Waals surface area (Å²) in [5, 5.41) is 10.0. The summed E-state index contributed by atoms with van der Waals surface area (Å²) in [6.07, 6.45) is 0. The number of amidine groups is 1. The minimum absolute atomic E-state index is 0.124. The van der Waals surface area contributed by atoms with Crippen LogP contribution in [0.3, 0.4) is 0 Å². The van der Waals surface area contributed by atoms with Gasteiger partial charge in [-0.25, -0.2) is 4.79 Å². The van der Waals surface area contributed by atoms with Crippen LogP contribution in [-0.4, -0.2) is 11.9 Å². The monoisotopic (exact) mass is 254 g/mol. The van der Waals surface area contributed by atoms with Gasteiger partial charge in [0.15, 0.2) is 0 Å². The van der Waals surface area contributed by atoms with E-state index in [0.29, 0.717) is 11.3 Å². The zero-order chi connectivity index (χ0) is 13.8. The molecule has 2 aromatic rings. The lowest BCUT2D eigenvalue weighted by atomic mass is 10.0. The average Bonchev–Trinajstić information content (AvgIpc) is 2.39. The highest BCUT2D eigenvalue weighted by molar-refractivity contribution is 6.04. The number of benzene rings is 2. The van der Waals surface area contributed by atoms with E-state index in [1.807, 2.05) is 36.4 Å². The molecule has 0 saturated heterocycles. The molecule has 0 heterocycles. The number of primary amides is 1. The number of nitrogens with one attached hydrogen (secondary N) is 2. The van der Waals surface area contributed by atoms with Gasteiger partial charge in [0.05, 0.1) is 5.69 Å². The number of nitrogens with two attached hydrogens (primary N) is 2. The number of carbonyl (C=O) groups is 1. The van der Waals surface area contributed by atoms with Crippen molar-refractivity contribution in [3.05, 3.63) is 54.1 Å². The molecule has 6 N–H and O–H groups in total. The molecule has 0 fully saturated rings. The Balaban J connectivity index is 2.48. The number of hydrogen-bond acceptors (Lipinski definition) is 2. The van der Waals surface area contributed by atoms with Gasteiger partial charge in [0.1, 0.15) is 5.84 Å². The Morgan fingerprint density at radius 3 is 2.26 bits per heavy atom. The van der Waals surface area contributed by atoms with Gasteiger partial charge >= 0.3 is 6.03 Å². The second kappa shape index (κ2) is 5.22. The SMILES string of the molecule is N=C(N)c1cc(-c2ccccc2)ccc1NC(N)=O. The molecule has 0 unspecified atom stereocenters. The van der Waals surface area contributed by atoms with Gasteiger partial charge in [-0.15, -0.1) is 0 Å². The first kappa shape index (κ1) is 12.6. The lowest BCUT2D eigenvalue weighted by molar-refractivity contribution is 0.259. The van der Waals surface area contributed by atoms with E-state index < -0.39 is 6.03 Å². The Bertz CT molecular complexity index is 623. The maximum atomic E-state index is 10.9. The fraction of sp³-hybridized carbons (Fsp3) is 0. The molecule has 0 aliphatic carbocycles. The third kappa shape index (κ3) is 2.90. The lowest BCUT2D eigenvalue weighted by Crippen LogP contribution is -2.22. The highest BCUT2D eigenvalue weighted by atomic mass is 16.2. The zero-order valence-electron chi connectivity index (χ0n) is 10.2. The standard InChI is InChI=1S/C14H14N4O/c15-13(16)11-8-10(9-4-2-1-3-5-9)6-7-12(11)18-14(17)19/h1-8H,(H3,15,16)(H3,17,18,19). The van der Waals surface area contributed by atoms with Crippen molar-refractivity contribution in [3.63, 3.8) is 0 Å². The predicted octanol–water partition coefficient (Wildman–Crippen LogP) is 2.13. The molecule has 0 aliphatic rings. The van der Waals surface area contributed by atoms with E-state index >= 15 is 0 Å². The van der Waals surface area contributed by atoms with Crippen LogP contribution >= 0.6 is 0 Å². The smallest absolute Gasteiger partial charge is 0.316 e. The summed E-state index contributed by atoms with van der Waals surface area (Å²) in [6.45, 7) is 0. The third-order valence-corrected chi connectivity index (χ3v) is 2.67. The summed E-state index contributed by atoms with van der Waals surface area (Å²) >= 11 is 0. The van der Waals surface area contributed by atoms with Crippen LogP contribution in [0.4, 0.5) is 10.5 Å². The summed E-state index contributed by atoms with van der Waals surface area (Å²) in [7, 11) is 0. The van der Waals surface area contributed by atoms with Crippen molar-refractivity contribution in [2.75, 3.05) is 5.32 Å². The van der Waals surface area contributed by atoms with E-state index in [-0.39, 0.29) is 5.84 Å². The highest BCUT2D eigenvalue weighted by Crippen LogP contribution is 2.24. The largest absolute Gasteiger partial charge is 0.384 e. The average molecular weight is 254 g/mol. The fourth-order valence-corrected chi connectivity index (χ4v) is 1.82. The van der Waals surface area contributed by atoms with Crippen molar-refractivity contribution >= 4 is 17.6 Å². The number of anilines is 1. The predicted molar refractivity (Wildman–Crippen MR) is 76.1 cm³/mol. The molecule has 0 aliphatic heterocycles. The molecule has 96 valence electrons. The van der Waals surface area contributed by atoms with Crippen LogP contribution in [-0.2, 0) is 0 Å². The first-order valence-corrected chi connectivity index (χ1v) is 5.68. The molecule has 0 aromatic heterocycles. The van der Waals surface area contributed by atoms with Gasteiger partial charge < -0.3 is 16.8 Å². The van der Waals surface area contributed by atoms with Crippen molar-refractivity contribution in [2.24, 2.45) is 11.5 Å². The summed E-state index contributed by atoms with van der Waals surface area (Å²) in [5.74, 6) is -0.124. The lowest BCUT2D eigenvalue weighted by Gasteiger charge is -2.11. The van der Waals surface area contributed by atoms with Crippen LogP contribution in [0.15, 0.2) is 48.5 Å². The topological polar surface area (TPSA) is 105 Å². The number of rotatable bonds is 3. The molecule has 5 nitrogen and oxygen atoms in total. The number of carbonyl (C=O) groups excluding carboxylic acids is 1. The second-order valence-electron chi connectivity index (χ2n) is 4.03. The minimum atomic E-state index is -0.685. The molecule has 2 amide bonds. The van der Waals surface area contributed by atoms with Crippen LogP contribution in [0.5, 0.6) is 0 Å². The molecule has 0 saturated carbocycles. The second-order valence-corrected chi connectivity index (χ2v) is 4.03. The number of amides is 2. The van der Waals surface area contributed by atoms with E-state index in [0.717, 1.165) is 11.1 Å². The molecule has 19 heavy (non-hydrogen) atoms. The Morgan fingerprint density at radius 1 is 1.00 bits per heavy atom. The van der Waals surface area contributed by atoms with Crippen molar-refractivity contribution in [1.29, 1.82) is 5.41 Å². The van der Waals surface area contributed by atoms with E-state index in [1.165, 1.54) is 0 Å². The molecule has 2 aromatic carbocycles. The maximum absolute atomic E-state index is 10.9. The van der Waals surface area contributed by atoms with Gasteiger partial charge in [-0.3, -0.25) is 5.41 Å². The molecular weight excluding hydrogens is 240 g/mol. The summed E-state index contributed by atoms with van der Waals surface area (Å²) in [4.78, 5) is 10.9. The minimum Gasteiger partial charge on any atom is -0.384 e. The Hall–Kier alpha value is -2.82. The van der Waals surface area contributed by atoms with E-state index in [9.17, 15) is 4.79 Å². The highest BCUT2D eigenvalue weighted by Gasteiger charge is 2.09. The van der Waals surface area contributed by atoms with Crippen molar-refractivity contribution in [2.45, 2.75) is 0 Å². The molecule has 0 radical (unpaired) electrons. The molecule has 0 bridgehead atoms. The normalized spacial score (nSPS) is 9.89. The quantitative estimate of drug-likeness (QED) is 0.497. The van der Waals surface area contributed by atoms with Gasteiger partial charge in [-0.05, 0) is 23.3 Å². The number of urea groups is 1. The van der Waals surface area contributed by atoms with Crippen LogP contribution in [0.1, 0.15) is 5.56 Å². The van der Waals surface area contributed by atoms with E-state index in [4.69, 9.17) is 16.9 Å². The molecule has 0 spiro atoms. The van der Waals surface area contributed by atoms with Gasteiger partial charge in [-0.1, -0.05) is 36.4 Å².